The van der Waals surface area contributed by atoms with Crippen molar-refractivity contribution in [2.75, 3.05) is 35.4 Å². The number of benzene rings is 2. The van der Waals surface area contributed by atoms with Gasteiger partial charge in [0.15, 0.2) is 0 Å². The number of carbonyl (C=O) groups excluding carboxylic acids is 1. The molecule has 0 bridgehead atoms. The summed E-state index contributed by atoms with van der Waals surface area (Å²) in [6, 6.07) is 13.0. The zero-order chi connectivity index (χ0) is 16.9. The second-order valence-corrected chi connectivity index (χ2v) is 6.97. The van der Waals surface area contributed by atoms with Gasteiger partial charge < -0.3 is 15.4 Å². The summed E-state index contributed by atoms with van der Waals surface area (Å²) >= 11 is 7.43. The van der Waals surface area contributed by atoms with Gasteiger partial charge in [0.1, 0.15) is 5.75 Å². The Morgan fingerprint density at radius 2 is 2.17 bits per heavy atom. The van der Waals surface area contributed by atoms with E-state index in [1.165, 1.54) is 0 Å². The van der Waals surface area contributed by atoms with Gasteiger partial charge in [-0.1, -0.05) is 6.07 Å². The highest BCUT2D eigenvalue weighted by molar-refractivity contribution is 7.99. The fraction of sp³-hybridized carbons (Fsp3) is 0.278. The zero-order valence-electron chi connectivity index (χ0n) is 13.2. The summed E-state index contributed by atoms with van der Waals surface area (Å²) in [5.74, 6) is 2.16. The van der Waals surface area contributed by atoms with Crippen LogP contribution >= 0.6 is 23.4 Å². The topological polar surface area (TPSA) is 55.6 Å². The summed E-state index contributed by atoms with van der Waals surface area (Å²) in [5.41, 5.74) is 7.88. The Morgan fingerprint density at radius 3 is 2.96 bits per heavy atom. The van der Waals surface area contributed by atoms with Gasteiger partial charge >= 0.3 is 0 Å². The number of nitrogens with zero attached hydrogens (tertiary/aromatic N) is 1. The number of nitrogens with two attached hydrogens (primary N) is 1. The van der Waals surface area contributed by atoms with E-state index in [0.717, 1.165) is 28.5 Å². The van der Waals surface area contributed by atoms with Crippen molar-refractivity contribution in [2.24, 2.45) is 0 Å². The van der Waals surface area contributed by atoms with Crippen LogP contribution in [-0.4, -0.2) is 30.7 Å². The van der Waals surface area contributed by atoms with Gasteiger partial charge in [-0.25, -0.2) is 0 Å². The van der Waals surface area contributed by atoms with Crippen molar-refractivity contribution in [3.05, 3.63) is 48.0 Å². The van der Waals surface area contributed by atoms with Gasteiger partial charge in [0, 0.05) is 40.4 Å². The maximum Gasteiger partial charge on any atom is 0.258 e. The Hall–Kier alpha value is -1.85. The molecule has 126 valence electrons. The van der Waals surface area contributed by atoms with Gasteiger partial charge in [-0.3, -0.25) is 4.79 Å². The van der Waals surface area contributed by atoms with E-state index in [2.05, 4.69) is 0 Å². The highest BCUT2D eigenvalue weighted by Crippen LogP contribution is 2.38. The molecule has 1 heterocycles. The first-order valence-corrected chi connectivity index (χ1v) is 9.34. The molecule has 0 radical (unpaired) electrons. The predicted octanol–water partition coefficient (Wildman–Crippen LogP) is 4.03. The van der Waals surface area contributed by atoms with Crippen molar-refractivity contribution in [3.8, 4) is 5.75 Å². The summed E-state index contributed by atoms with van der Waals surface area (Å²) in [4.78, 5) is 15.8. The molecule has 0 aliphatic carbocycles. The van der Waals surface area contributed by atoms with E-state index < -0.39 is 0 Å². The van der Waals surface area contributed by atoms with E-state index in [-0.39, 0.29) is 5.91 Å². The quantitative estimate of drug-likeness (QED) is 0.495. The first-order valence-electron chi connectivity index (χ1n) is 7.82. The first kappa shape index (κ1) is 17.0. The average molecular weight is 363 g/mol. The van der Waals surface area contributed by atoms with Crippen LogP contribution in [0.4, 0.5) is 11.4 Å². The van der Waals surface area contributed by atoms with Gasteiger partial charge in [0.05, 0.1) is 12.3 Å². The van der Waals surface area contributed by atoms with Crippen molar-refractivity contribution in [3.63, 3.8) is 0 Å². The number of fused-ring (bicyclic) bond motifs is 1. The lowest BCUT2D eigenvalue weighted by Gasteiger charge is -2.29. The van der Waals surface area contributed by atoms with E-state index in [1.54, 1.807) is 40.9 Å². The minimum absolute atomic E-state index is 0.0400. The molecule has 0 saturated heterocycles. The van der Waals surface area contributed by atoms with Crippen molar-refractivity contribution >= 4 is 40.6 Å². The minimum atomic E-state index is -0.0400. The number of nitrogen functional groups attached to an aromatic ring is 1. The molecular formula is C18H19ClN2O2S. The number of ether oxygens (including phenoxy) is 1. The molecule has 0 unspecified atom stereocenters. The summed E-state index contributed by atoms with van der Waals surface area (Å²) in [7, 11) is 0. The number of anilines is 2. The van der Waals surface area contributed by atoms with E-state index in [0.29, 0.717) is 30.3 Å². The summed E-state index contributed by atoms with van der Waals surface area (Å²) in [5, 5.41) is 0. The third-order valence-corrected chi connectivity index (χ3v) is 5.03. The van der Waals surface area contributed by atoms with Crippen LogP contribution in [0.25, 0.3) is 0 Å². The van der Waals surface area contributed by atoms with E-state index in [1.807, 2.05) is 18.2 Å². The molecule has 2 aromatic carbocycles. The van der Waals surface area contributed by atoms with Crippen LogP contribution in [0, 0.1) is 0 Å². The van der Waals surface area contributed by atoms with Gasteiger partial charge in [0.2, 0.25) is 0 Å². The lowest BCUT2D eigenvalue weighted by Crippen LogP contribution is -2.35. The molecule has 2 aromatic rings. The molecule has 6 heteroatoms. The normalized spacial score (nSPS) is 13.5. The number of hydrogen-bond acceptors (Lipinski definition) is 4. The molecule has 0 aromatic heterocycles. The lowest BCUT2D eigenvalue weighted by atomic mass is 10.1. The molecule has 2 N–H and O–H groups in total. The smallest absolute Gasteiger partial charge is 0.258 e. The van der Waals surface area contributed by atoms with Gasteiger partial charge in [-0.2, -0.15) is 0 Å². The van der Waals surface area contributed by atoms with Crippen LogP contribution in [0.15, 0.2) is 47.4 Å². The SMILES string of the molecule is Nc1cccc(C(=O)N2CCSc3ccc(OCCCCl)cc32)c1. The van der Waals surface area contributed by atoms with Crippen LogP contribution in [-0.2, 0) is 0 Å². The molecule has 0 atom stereocenters. The van der Waals surface area contributed by atoms with Crippen molar-refractivity contribution in [2.45, 2.75) is 11.3 Å². The highest BCUT2D eigenvalue weighted by Gasteiger charge is 2.24. The minimum Gasteiger partial charge on any atom is -0.493 e. The summed E-state index contributed by atoms with van der Waals surface area (Å²) < 4.78 is 5.71. The Morgan fingerprint density at radius 1 is 1.29 bits per heavy atom. The third-order valence-electron chi connectivity index (χ3n) is 3.72. The van der Waals surface area contributed by atoms with E-state index in [9.17, 15) is 4.79 Å². The number of amides is 1. The van der Waals surface area contributed by atoms with Crippen LogP contribution in [0.3, 0.4) is 0 Å². The zero-order valence-corrected chi connectivity index (χ0v) is 14.8. The molecule has 4 nitrogen and oxygen atoms in total. The molecular weight excluding hydrogens is 344 g/mol. The Balaban J connectivity index is 1.86. The fourth-order valence-corrected chi connectivity index (χ4v) is 3.65. The number of rotatable bonds is 5. The second-order valence-electron chi connectivity index (χ2n) is 5.45. The van der Waals surface area contributed by atoms with Gasteiger partial charge in [0.25, 0.3) is 5.91 Å². The van der Waals surface area contributed by atoms with Crippen LogP contribution in [0.2, 0.25) is 0 Å². The Bertz CT molecular complexity index is 739. The number of hydrogen-bond donors (Lipinski definition) is 1. The Labute approximate surface area is 150 Å². The Kier molecular flexibility index (Phi) is 5.53. The largest absolute Gasteiger partial charge is 0.493 e. The molecule has 1 amide bonds. The molecule has 0 saturated carbocycles. The standard InChI is InChI=1S/C18H19ClN2O2S/c19-7-2-9-23-15-5-6-17-16(12-15)21(8-10-24-17)18(22)13-3-1-4-14(20)11-13/h1,3-6,11-12H,2,7-10,20H2. The second kappa shape index (κ2) is 7.81. The highest BCUT2D eigenvalue weighted by atomic mass is 35.5. The van der Waals surface area contributed by atoms with Crippen molar-refractivity contribution in [1.82, 2.24) is 0 Å². The van der Waals surface area contributed by atoms with Crippen molar-refractivity contribution in [1.29, 1.82) is 0 Å². The molecule has 1 aliphatic rings. The molecule has 0 fully saturated rings. The average Bonchev–Trinajstić information content (AvgIpc) is 2.61. The molecule has 0 spiro atoms. The van der Waals surface area contributed by atoms with Crippen LogP contribution in [0.1, 0.15) is 16.8 Å². The lowest BCUT2D eigenvalue weighted by molar-refractivity contribution is 0.0987. The maximum absolute atomic E-state index is 12.9. The summed E-state index contributed by atoms with van der Waals surface area (Å²) in [6.45, 7) is 1.23. The predicted molar refractivity (Wildman–Crippen MR) is 101 cm³/mol. The van der Waals surface area contributed by atoms with E-state index >= 15 is 0 Å². The number of thioether (sulfide) groups is 1. The maximum atomic E-state index is 12.9. The monoisotopic (exact) mass is 362 g/mol. The molecule has 1 aliphatic heterocycles. The fourth-order valence-electron chi connectivity index (χ4n) is 2.57. The first-order chi connectivity index (χ1) is 11.7. The third kappa shape index (κ3) is 3.79. The van der Waals surface area contributed by atoms with E-state index in [4.69, 9.17) is 22.1 Å². The van der Waals surface area contributed by atoms with Gasteiger partial charge in [-0.15, -0.1) is 23.4 Å². The molecule has 3 rings (SSSR count). The molecule has 24 heavy (non-hydrogen) atoms. The van der Waals surface area contributed by atoms with Gasteiger partial charge in [-0.05, 0) is 36.8 Å². The van der Waals surface area contributed by atoms with Crippen LogP contribution < -0.4 is 15.4 Å². The number of alkyl halides is 1. The number of halogens is 1. The number of carbonyl (C=O) groups is 1. The van der Waals surface area contributed by atoms with Crippen LogP contribution in [0.5, 0.6) is 5.75 Å². The van der Waals surface area contributed by atoms with Crippen molar-refractivity contribution < 1.29 is 9.53 Å². The summed E-state index contributed by atoms with van der Waals surface area (Å²) in [6.07, 6.45) is 0.791.